The van der Waals surface area contributed by atoms with Crippen molar-refractivity contribution in [2.75, 3.05) is 0 Å². The van der Waals surface area contributed by atoms with Crippen LogP contribution < -0.4 is 5.46 Å². The van der Waals surface area contributed by atoms with E-state index >= 15 is 0 Å². The van der Waals surface area contributed by atoms with Crippen LogP contribution in [0.5, 0.6) is 0 Å². The molecule has 1 fully saturated rings. The molecule has 0 saturated carbocycles. The summed E-state index contributed by atoms with van der Waals surface area (Å²) in [6.07, 6.45) is 0. The lowest BCUT2D eigenvalue weighted by Gasteiger charge is -2.32. The highest BCUT2D eigenvalue weighted by atomic mass is 16.7. The van der Waals surface area contributed by atoms with Crippen LogP contribution in [0.1, 0.15) is 27.7 Å². The van der Waals surface area contributed by atoms with E-state index in [1.54, 1.807) is 0 Å². The third-order valence-corrected chi connectivity index (χ3v) is 7.05. The lowest BCUT2D eigenvalue weighted by Crippen LogP contribution is -2.41. The van der Waals surface area contributed by atoms with E-state index in [9.17, 15) is 0 Å². The fourth-order valence-electron chi connectivity index (χ4n) is 4.85. The van der Waals surface area contributed by atoms with E-state index < -0.39 is 0 Å². The predicted octanol–water partition coefficient (Wildman–Crippen LogP) is 6.04. The van der Waals surface area contributed by atoms with E-state index in [4.69, 9.17) is 9.31 Å². The largest absolute Gasteiger partial charge is 0.495 e. The zero-order valence-corrected chi connectivity index (χ0v) is 17.2. The molecule has 1 heterocycles. The highest BCUT2D eigenvalue weighted by molar-refractivity contribution is 6.67. The smallest absolute Gasteiger partial charge is 0.399 e. The molecule has 1 aliphatic rings. The third-order valence-electron chi connectivity index (χ3n) is 7.05. The molecule has 2 nitrogen and oxygen atoms in total. The average Bonchev–Trinajstić information content (AvgIpc) is 2.92. The maximum atomic E-state index is 6.47. The first kappa shape index (κ1) is 17.3. The summed E-state index contributed by atoms with van der Waals surface area (Å²) in [6, 6.07) is 24.2. The molecule has 5 aromatic carbocycles. The summed E-state index contributed by atoms with van der Waals surface area (Å²) in [5, 5.41) is 10.3. The zero-order chi connectivity index (χ0) is 20.0. The van der Waals surface area contributed by atoms with E-state index in [0.29, 0.717) is 0 Å². The number of benzene rings is 5. The van der Waals surface area contributed by atoms with E-state index in [0.717, 1.165) is 5.46 Å². The molecule has 0 amide bonds. The quantitative estimate of drug-likeness (QED) is 0.201. The van der Waals surface area contributed by atoms with Crippen LogP contribution in [-0.2, 0) is 9.31 Å². The topological polar surface area (TPSA) is 18.5 Å². The second kappa shape index (κ2) is 5.50. The Morgan fingerprint density at radius 1 is 0.552 bits per heavy atom. The second-order valence-electron chi connectivity index (χ2n) is 9.23. The molecule has 5 aromatic rings. The number of hydrogen-bond donors (Lipinski definition) is 0. The summed E-state index contributed by atoms with van der Waals surface area (Å²) in [7, 11) is -0.382. The SMILES string of the molecule is CC1(C)OB(c2ccc3cccc4c5cccc6cccc(c2c34)c65)OC1(C)C. The normalized spacial score (nSPS) is 18.6. The predicted molar refractivity (Wildman–Crippen MR) is 123 cm³/mol. The van der Waals surface area contributed by atoms with E-state index in [2.05, 4.69) is 94.4 Å². The van der Waals surface area contributed by atoms with Crippen LogP contribution in [0.3, 0.4) is 0 Å². The van der Waals surface area contributed by atoms with Gasteiger partial charge in [0, 0.05) is 0 Å². The Balaban J connectivity index is 1.80. The van der Waals surface area contributed by atoms with Crippen molar-refractivity contribution < 1.29 is 9.31 Å². The summed E-state index contributed by atoms with van der Waals surface area (Å²) in [6.45, 7) is 8.45. The Bertz CT molecular complexity index is 1400. The molecule has 3 heteroatoms. The van der Waals surface area contributed by atoms with Crippen LogP contribution in [0.4, 0.5) is 0 Å². The van der Waals surface area contributed by atoms with Crippen molar-refractivity contribution in [1.82, 2.24) is 0 Å². The Morgan fingerprint density at radius 3 is 1.69 bits per heavy atom. The summed E-state index contributed by atoms with van der Waals surface area (Å²) < 4.78 is 12.9. The molecule has 0 N–H and O–H groups in total. The Labute approximate surface area is 170 Å². The second-order valence-corrected chi connectivity index (χ2v) is 9.23. The third kappa shape index (κ3) is 2.20. The maximum Gasteiger partial charge on any atom is 0.495 e. The lowest BCUT2D eigenvalue weighted by molar-refractivity contribution is 0.00578. The molecule has 0 aliphatic carbocycles. The van der Waals surface area contributed by atoms with Gasteiger partial charge >= 0.3 is 7.12 Å². The molecule has 0 radical (unpaired) electrons. The van der Waals surface area contributed by atoms with Crippen molar-refractivity contribution in [3.8, 4) is 0 Å². The van der Waals surface area contributed by atoms with Gasteiger partial charge in [-0.2, -0.15) is 0 Å². The van der Waals surface area contributed by atoms with E-state index in [-0.39, 0.29) is 18.3 Å². The van der Waals surface area contributed by atoms with Crippen LogP contribution in [-0.4, -0.2) is 18.3 Å². The van der Waals surface area contributed by atoms with Crippen LogP contribution in [0.2, 0.25) is 0 Å². The number of hydrogen-bond acceptors (Lipinski definition) is 2. The Kier molecular flexibility index (Phi) is 3.27. The lowest BCUT2D eigenvalue weighted by atomic mass is 9.73. The van der Waals surface area contributed by atoms with Crippen LogP contribution in [0.15, 0.2) is 66.7 Å². The van der Waals surface area contributed by atoms with Crippen molar-refractivity contribution in [2.45, 2.75) is 38.9 Å². The molecule has 1 aliphatic heterocycles. The number of rotatable bonds is 1. The molecular formula is C26H23BO2. The highest BCUT2D eigenvalue weighted by Crippen LogP contribution is 2.41. The van der Waals surface area contributed by atoms with Gasteiger partial charge in [0.05, 0.1) is 11.2 Å². The average molecular weight is 378 g/mol. The molecule has 0 spiro atoms. The van der Waals surface area contributed by atoms with Crippen molar-refractivity contribution >= 4 is 55.7 Å². The molecule has 1 saturated heterocycles. The van der Waals surface area contributed by atoms with Crippen molar-refractivity contribution in [3.63, 3.8) is 0 Å². The molecule has 29 heavy (non-hydrogen) atoms. The molecule has 0 atom stereocenters. The molecule has 142 valence electrons. The Morgan fingerprint density at radius 2 is 1.07 bits per heavy atom. The summed E-state index contributed by atoms with van der Waals surface area (Å²) in [4.78, 5) is 0. The molecule has 0 unspecified atom stereocenters. The number of fused-ring (bicyclic) bond motifs is 2. The van der Waals surface area contributed by atoms with E-state index in [1.807, 2.05) is 0 Å². The van der Waals surface area contributed by atoms with Crippen LogP contribution in [0.25, 0.3) is 43.1 Å². The Hall–Kier alpha value is -2.62. The van der Waals surface area contributed by atoms with Crippen molar-refractivity contribution in [1.29, 1.82) is 0 Å². The van der Waals surface area contributed by atoms with Gasteiger partial charge < -0.3 is 9.31 Å². The van der Waals surface area contributed by atoms with Crippen LogP contribution >= 0.6 is 0 Å². The molecular weight excluding hydrogens is 355 g/mol. The molecule has 6 rings (SSSR count). The van der Waals surface area contributed by atoms with Gasteiger partial charge in [-0.3, -0.25) is 0 Å². The minimum Gasteiger partial charge on any atom is -0.399 e. The fraction of sp³-hybridized carbons (Fsp3) is 0.231. The van der Waals surface area contributed by atoms with Gasteiger partial charge in [0.1, 0.15) is 0 Å². The van der Waals surface area contributed by atoms with Gasteiger partial charge in [-0.1, -0.05) is 66.7 Å². The monoisotopic (exact) mass is 378 g/mol. The van der Waals surface area contributed by atoms with Crippen LogP contribution in [0, 0.1) is 0 Å². The zero-order valence-electron chi connectivity index (χ0n) is 17.2. The van der Waals surface area contributed by atoms with Gasteiger partial charge in [-0.15, -0.1) is 0 Å². The maximum absolute atomic E-state index is 6.47. The summed E-state index contributed by atoms with van der Waals surface area (Å²) in [5.41, 5.74) is 0.389. The van der Waals surface area contributed by atoms with E-state index in [1.165, 1.54) is 43.1 Å². The first-order valence-electron chi connectivity index (χ1n) is 10.3. The first-order chi connectivity index (χ1) is 13.9. The highest BCUT2D eigenvalue weighted by Gasteiger charge is 2.52. The molecule has 0 aromatic heterocycles. The van der Waals surface area contributed by atoms with Gasteiger partial charge in [-0.05, 0) is 76.2 Å². The minimum absolute atomic E-state index is 0.364. The first-order valence-corrected chi connectivity index (χ1v) is 10.3. The van der Waals surface area contributed by atoms with Gasteiger partial charge in [-0.25, -0.2) is 0 Å². The molecule has 0 bridgehead atoms. The van der Waals surface area contributed by atoms with Gasteiger partial charge in [0.2, 0.25) is 0 Å². The van der Waals surface area contributed by atoms with Gasteiger partial charge in [0.15, 0.2) is 0 Å². The van der Waals surface area contributed by atoms with Gasteiger partial charge in [0.25, 0.3) is 0 Å². The summed E-state index contributed by atoms with van der Waals surface area (Å²) in [5.74, 6) is 0. The van der Waals surface area contributed by atoms with Crippen molar-refractivity contribution in [2.24, 2.45) is 0 Å². The standard InChI is InChI=1S/C26H23BO2/c1-25(2)26(3,4)29-27(28-25)21-15-14-17-10-6-12-19-18-11-5-8-16-9-7-13-20(22(16)18)24(21)23(17)19/h5-15H,1-4H3. The fourth-order valence-corrected chi connectivity index (χ4v) is 4.85. The summed E-state index contributed by atoms with van der Waals surface area (Å²) >= 11 is 0. The minimum atomic E-state index is -0.382. The van der Waals surface area contributed by atoms with Crippen molar-refractivity contribution in [3.05, 3.63) is 66.7 Å².